The van der Waals surface area contributed by atoms with Crippen molar-refractivity contribution in [1.82, 2.24) is 0 Å². The molecule has 2 unspecified atom stereocenters. The summed E-state index contributed by atoms with van der Waals surface area (Å²) in [5.74, 6) is -0.863. The highest BCUT2D eigenvalue weighted by atomic mass is 79.9. The highest BCUT2D eigenvalue weighted by molar-refractivity contribution is 9.10. The van der Waals surface area contributed by atoms with Gasteiger partial charge in [0.1, 0.15) is 6.10 Å². The van der Waals surface area contributed by atoms with Crippen molar-refractivity contribution in [2.24, 2.45) is 11.8 Å². The van der Waals surface area contributed by atoms with Crippen molar-refractivity contribution in [3.05, 3.63) is 20.3 Å². The Morgan fingerprint density at radius 1 is 1.53 bits per heavy atom. The quantitative estimate of drug-likeness (QED) is 0.866. The molecule has 0 aliphatic heterocycles. The zero-order valence-corrected chi connectivity index (χ0v) is 12.8. The number of methoxy groups -OCH3 is 1. The normalized spacial score (nSPS) is 14.8. The second kappa shape index (κ2) is 5.98. The maximum Gasteiger partial charge on any atom is 0.311 e. The van der Waals surface area contributed by atoms with Crippen molar-refractivity contribution in [3.8, 4) is 0 Å². The Balaban J connectivity index is 2.99. The van der Waals surface area contributed by atoms with Crippen LogP contribution in [0.3, 0.4) is 0 Å². The van der Waals surface area contributed by atoms with Crippen LogP contribution in [0.5, 0.6) is 0 Å². The molecule has 0 aliphatic rings. The SMILES string of the molecule is COC(=O)C(C(C)C)C(O)c1cc(Br)c(C)s1. The summed E-state index contributed by atoms with van der Waals surface area (Å²) in [6, 6.07) is 1.86. The third-order valence-corrected chi connectivity index (χ3v) is 4.91. The number of rotatable bonds is 4. The monoisotopic (exact) mass is 320 g/mol. The fraction of sp³-hybridized carbons (Fsp3) is 0.583. The first-order valence-electron chi connectivity index (χ1n) is 5.40. The molecule has 0 aromatic carbocycles. The number of hydrogen-bond donors (Lipinski definition) is 1. The molecule has 2 atom stereocenters. The van der Waals surface area contributed by atoms with Gasteiger partial charge in [-0.2, -0.15) is 0 Å². The third kappa shape index (κ3) is 3.30. The first kappa shape index (κ1) is 14.7. The van der Waals surface area contributed by atoms with Gasteiger partial charge in [0.25, 0.3) is 0 Å². The molecule has 3 nitrogen and oxygen atoms in total. The molecule has 0 fully saturated rings. The van der Waals surface area contributed by atoms with Crippen molar-refractivity contribution in [3.63, 3.8) is 0 Å². The maximum atomic E-state index is 11.7. The van der Waals surface area contributed by atoms with E-state index in [-0.39, 0.29) is 11.9 Å². The highest BCUT2D eigenvalue weighted by Crippen LogP contribution is 2.36. The van der Waals surface area contributed by atoms with Crippen molar-refractivity contribution >= 4 is 33.2 Å². The van der Waals surface area contributed by atoms with Crippen molar-refractivity contribution in [2.75, 3.05) is 7.11 Å². The topological polar surface area (TPSA) is 46.5 Å². The Hall–Kier alpha value is -0.390. The lowest BCUT2D eigenvalue weighted by molar-refractivity contribution is -0.151. The Labute approximate surface area is 114 Å². The molecule has 0 saturated carbocycles. The molecule has 1 aromatic heterocycles. The van der Waals surface area contributed by atoms with E-state index in [4.69, 9.17) is 4.74 Å². The largest absolute Gasteiger partial charge is 0.469 e. The van der Waals surface area contributed by atoms with E-state index in [2.05, 4.69) is 15.9 Å². The number of ether oxygens (including phenoxy) is 1. The molecule has 1 aromatic rings. The standard InChI is InChI=1S/C12H17BrO3S/c1-6(2)10(12(15)16-4)11(14)9-5-8(13)7(3)17-9/h5-6,10-11,14H,1-4H3. The lowest BCUT2D eigenvalue weighted by Gasteiger charge is -2.23. The molecule has 17 heavy (non-hydrogen) atoms. The average molecular weight is 321 g/mol. The number of aryl methyl sites for hydroxylation is 1. The van der Waals surface area contributed by atoms with Crippen LogP contribution < -0.4 is 0 Å². The van der Waals surface area contributed by atoms with E-state index in [1.807, 2.05) is 26.8 Å². The minimum atomic E-state index is -0.808. The molecule has 1 heterocycles. The van der Waals surface area contributed by atoms with Gasteiger partial charge in [-0.25, -0.2) is 0 Å². The Kier molecular flexibility index (Phi) is 5.16. The van der Waals surface area contributed by atoms with Gasteiger partial charge in [0.15, 0.2) is 0 Å². The van der Waals surface area contributed by atoms with Crippen LogP contribution in [0, 0.1) is 18.8 Å². The molecule has 5 heteroatoms. The molecule has 0 aliphatic carbocycles. The van der Waals surface area contributed by atoms with Gasteiger partial charge in [-0.05, 0) is 34.8 Å². The van der Waals surface area contributed by atoms with Crippen LogP contribution in [0.1, 0.15) is 29.7 Å². The van der Waals surface area contributed by atoms with Gasteiger partial charge >= 0.3 is 5.97 Å². The molecular formula is C12H17BrO3S. The molecule has 1 N–H and O–H groups in total. The van der Waals surface area contributed by atoms with Gasteiger partial charge in [-0.1, -0.05) is 13.8 Å². The van der Waals surface area contributed by atoms with Crippen LogP contribution in [0.2, 0.25) is 0 Å². The zero-order chi connectivity index (χ0) is 13.2. The van der Waals surface area contributed by atoms with E-state index >= 15 is 0 Å². The maximum absolute atomic E-state index is 11.7. The number of esters is 1. The first-order chi connectivity index (χ1) is 7.88. The highest BCUT2D eigenvalue weighted by Gasteiger charge is 2.32. The molecule has 0 bridgehead atoms. The number of carbonyl (C=O) groups is 1. The zero-order valence-electron chi connectivity index (χ0n) is 10.4. The summed E-state index contributed by atoms with van der Waals surface area (Å²) < 4.78 is 5.71. The van der Waals surface area contributed by atoms with Crippen LogP contribution in [0.4, 0.5) is 0 Å². The van der Waals surface area contributed by atoms with Crippen LogP contribution in [0.25, 0.3) is 0 Å². The number of thiophene rings is 1. The summed E-state index contributed by atoms with van der Waals surface area (Å²) in [6.07, 6.45) is -0.808. The number of hydrogen-bond acceptors (Lipinski definition) is 4. The van der Waals surface area contributed by atoms with Crippen LogP contribution in [-0.2, 0) is 9.53 Å². The van der Waals surface area contributed by atoms with E-state index in [0.717, 1.165) is 14.2 Å². The van der Waals surface area contributed by atoms with E-state index in [1.54, 1.807) is 0 Å². The molecule has 0 saturated heterocycles. The summed E-state index contributed by atoms with van der Waals surface area (Å²) in [4.78, 5) is 13.6. The summed E-state index contributed by atoms with van der Waals surface area (Å²) in [6.45, 7) is 5.77. The molecule has 96 valence electrons. The van der Waals surface area contributed by atoms with Crippen LogP contribution in [0.15, 0.2) is 10.5 Å². The Morgan fingerprint density at radius 2 is 2.12 bits per heavy atom. The van der Waals surface area contributed by atoms with Gasteiger partial charge < -0.3 is 9.84 Å². The van der Waals surface area contributed by atoms with Gasteiger partial charge in [-0.15, -0.1) is 11.3 Å². The van der Waals surface area contributed by atoms with Gasteiger partial charge in [0.2, 0.25) is 0 Å². The number of aliphatic hydroxyl groups is 1. The summed E-state index contributed by atoms with van der Waals surface area (Å²) in [5, 5.41) is 10.3. The number of aliphatic hydroxyl groups excluding tert-OH is 1. The van der Waals surface area contributed by atoms with E-state index in [9.17, 15) is 9.90 Å². The number of halogens is 1. The molecule has 0 amide bonds. The second-order valence-corrected chi connectivity index (χ2v) is 6.43. The third-order valence-electron chi connectivity index (χ3n) is 2.70. The summed E-state index contributed by atoms with van der Waals surface area (Å²) in [7, 11) is 1.35. The summed E-state index contributed by atoms with van der Waals surface area (Å²) >= 11 is 4.90. The predicted octanol–water partition coefficient (Wildman–Crippen LogP) is 3.30. The Morgan fingerprint density at radius 3 is 2.47 bits per heavy atom. The average Bonchev–Trinajstić information content (AvgIpc) is 2.58. The van der Waals surface area contributed by atoms with Crippen molar-refractivity contribution < 1.29 is 14.6 Å². The van der Waals surface area contributed by atoms with Gasteiger partial charge in [0.05, 0.1) is 13.0 Å². The summed E-state index contributed by atoms with van der Waals surface area (Å²) in [5.41, 5.74) is 0. The molecule has 0 radical (unpaired) electrons. The van der Waals surface area contributed by atoms with Gasteiger partial charge in [-0.3, -0.25) is 4.79 Å². The predicted molar refractivity (Wildman–Crippen MR) is 72.1 cm³/mol. The second-order valence-electron chi connectivity index (χ2n) is 4.29. The van der Waals surface area contributed by atoms with E-state index in [1.165, 1.54) is 18.4 Å². The van der Waals surface area contributed by atoms with Crippen LogP contribution in [-0.4, -0.2) is 18.2 Å². The first-order valence-corrected chi connectivity index (χ1v) is 7.01. The molecule has 0 spiro atoms. The minimum absolute atomic E-state index is 0.0265. The Bertz CT molecular complexity index is 381. The molecular weight excluding hydrogens is 304 g/mol. The molecule has 1 rings (SSSR count). The lowest BCUT2D eigenvalue weighted by Crippen LogP contribution is -2.27. The van der Waals surface area contributed by atoms with E-state index in [0.29, 0.717) is 0 Å². The fourth-order valence-corrected chi connectivity index (χ4v) is 3.30. The number of carbonyl (C=O) groups excluding carboxylic acids is 1. The minimum Gasteiger partial charge on any atom is -0.469 e. The van der Waals surface area contributed by atoms with Crippen molar-refractivity contribution in [1.29, 1.82) is 0 Å². The lowest BCUT2D eigenvalue weighted by atomic mass is 9.89. The van der Waals surface area contributed by atoms with Crippen molar-refractivity contribution in [2.45, 2.75) is 26.9 Å². The van der Waals surface area contributed by atoms with E-state index < -0.39 is 12.0 Å². The smallest absolute Gasteiger partial charge is 0.311 e. The van der Waals surface area contributed by atoms with Crippen LogP contribution >= 0.6 is 27.3 Å². The van der Waals surface area contributed by atoms with Gasteiger partial charge in [0, 0.05) is 14.2 Å². The fourth-order valence-electron chi connectivity index (χ4n) is 1.71.